The van der Waals surface area contributed by atoms with Gasteiger partial charge < -0.3 is 20.4 Å². The van der Waals surface area contributed by atoms with Crippen LogP contribution in [0.3, 0.4) is 0 Å². The summed E-state index contributed by atoms with van der Waals surface area (Å²) in [4.78, 5) is 51.5. The van der Waals surface area contributed by atoms with Gasteiger partial charge in [-0.25, -0.2) is 9.97 Å². The van der Waals surface area contributed by atoms with Crippen LogP contribution in [-0.4, -0.2) is 57.8 Å². The molecule has 0 fully saturated rings. The van der Waals surface area contributed by atoms with E-state index in [0.29, 0.717) is 41.5 Å². The quantitative estimate of drug-likeness (QED) is 0.231. The average Bonchev–Trinajstić information content (AvgIpc) is 3.44. The van der Waals surface area contributed by atoms with Crippen molar-refractivity contribution in [1.29, 1.82) is 0 Å². The number of benzene rings is 2. The van der Waals surface area contributed by atoms with Crippen molar-refractivity contribution in [3.8, 4) is 11.4 Å². The van der Waals surface area contributed by atoms with Gasteiger partial charge in [0.05, 0.1) is 12.5 Å². The number of carbonyl (C=O) groups is 3. The van der Waals surface area contributed by atoms with E-state index in [9.17, 15) is 14.4 Å². The van der Waals surface area contributed by atoms with E-state index in [2.05, 4.69) is 20.6 Å². The van der Waals surface area contributed by atoms with Crippen LogP contribution in [0.2, 0.25) is 0 Å². The molecule has 10 heteroatoms. The van der Waals surface area contributed by atoms with Crippen molar-refractivity contribution in [3.63, 3.8) is 0 Å². The number of carbonyl (C=O) groups excluding carboxylic acids is 3. The molecule has 40 heavy (non-hydrogen) atoms. The number of nitrogens with one attached hydrogen (secondary N) is 3. The van der Waals surface area contributed by atoms with E-state index in [1.807, 2.05) is 60.7 Å². The summed E-state index contributed by atoms with van der Waals surface area (Å²) in [6, 6.07) is 20.4. The highest BCUT2D eigenvalue weighted by atomic mass is 16.5. The van der Waals surface area contributed by atoms with Crippen LogP contribution in [-0.2, 0) is 19.7 Å². The number of anilines is 1. The Morgan fingerprint density at radius 3 is 2.27 bits per heavy atom. The SMILES string of the molecule is COC(=O)C1(c2ccccc2)C=CN(C(=O)c2cc3c(NCCNC(C)=O)nc(-c4ccccc4)nc3[nH]2)C=C1. The maximum absolute atomic E-state index is 13.5. The van der Waals surface area contributed by atoms with Gasteiger partial charge in [-0.1, -0.05) is 60.7 Å². The van der Waals surface area contributed by atoms with E-state index in [1.54, 1.807) is 30.6 Å². The molecular weight excluding hydrogens is 508 g/mol. The molecule has 3 heterocycles. The van der Waals surface area contributed by atoms with Crippen molar-refractivity contribution in [3.05, 3.63) is 103 Å². The summed E-state index contributed by atoms with van der Waals surface area (Å²) in [6.45, 7) is 2.30. The molecular formula is C30H28N6O4. The largest absolute Gasteiger partial charge is 0.468 e. The zero-order valence-corrected chi connectivity index (χ0v) is 22.0. The molecule has 3 N–H and O–H groups in total. The number of aromatic amines is 1. The van der Waals surface area contributed by atoms with Crippen molar-refractivity contribution in [2.24, 2.45) is 0 Å². The summed E-state index contributed by atoms with van der Waals surface area (Å²) in [6.07, 6.45) is 6.42. The Hall–Kier alpha value is -5.25. The van der Waals surface area contributed by atoms with Gasteiger partial charge >= 0.3 is 5.97 Å². The molecule has 0 aliphatic carbocycles. The first-order valence-electron chi connectivity index (χ1n) is 12.7. The van der Waals surface area contributed by atoms with E-state index < -0.39 is 11.4 Å². The molecule has 0 atom stereocenters. The number of ether oxygens (including phenoxy) is 1. The van der Waals surface area contributed by atoms with Crippen LogP contribution in [0.5, 0.6) is 0 Å². The monoisotopic (exact) mass is 536 g/mol. The molecule has 2 aromatic carbocycles. The van der Waals surface area contributed by atoms with E-state index >= 15 is 0 Å². The average molecular weight is 537 g/mol. The van der Waals surface area contributed by atoms with E-state index in [-0.39, 0.29) is 11.8 Å². The van der Waals surface area contributed by atoms with Crippen LogP contribution < -0.4 is 10.6 Å². The molecule has 2 aromatic heterocycles. The third-order valence-corrected chi connectivity index (χ3v) is 6.55. The highest BCUT2D eigenvalue weighted by Crippen LogP contribution is 2.33. The highest BCUT2D eigenvalue weighted by Gasteiger charge is 2.39. The number of esters is 1. The van der Waals surface area contributed by atoms with E-state index in [1.165, 1.54) is 18.9 Å². The summed E-state index contributed by atoms with van der Waals surface area (Å²) in [5.41, 5.74) is 1.18. The number of amides is 2. The minimum Gasteiger partial charge on any atom is -0.468 e. The van der Waals surface area contributed by atoms with Gasteiger partial charge in [0.1, 0.15) is 22.6 Å². The Bertz CT molecular complexity index is 1600. The lowest BCUT2D eigenvalue weighted by atomic mass is 9.79. The molecule has 5 rings (SSSR count). The Balaban J connectivity index is 1.46. The number of nitrogens with zero attached hydrogens (tertiary/aromatic N) is 3. The second kappa shape index (κ2) is 11.2. The number of H-pyrrole nitrogens is 1. The van der Waals surface area contributed by atoms with Gasteiger partial charge in [-0.05, 0) is 23.8 Å². The molecule has 0 radical (unpaired) electrons. The third kappa shape index (κ3) is 5.19. The molecule has 1 aliphatic rings. The predicted octanol–water partition coefficient (Wildman–Crippen LogP) is 3.77. The lowest BCUT2D eigenvalue weighted by molar-refractivity contribution is -0.144. The smallest absolute Gasteiger partial charge is 0.324 e. The van der Waals surface area contributed by atoms with Crippen LogP contribution >= 0.6 is 0 Å². The number of rotatable bonds is 8. The first kappa shape index (κ1) is 26.4. The van der Waals surface area contributed by atoms with Gasteiger partial charge in [-0.3, -0.25) is 19.3 Å². The zero-order chi connectivity index (χ0) is 28.1. The van der Waals surface area contributed by atoms with Gasteiger partial charge in [0.25, 0.3) is 5.91 Å². The Kier molecular flexibility index (Phi) is 7.41. The second-order valence-electron chi connectivity index (χ2n) is 9.19. The van der Waals surface area contributed by atoms with E-state index in [4.69, 9.17) is 9.72 Å². The fraction of sp³-hybridized carbons (Fsp3) is 0.167. The number of aromatic nitrogens is 3. The normalized spacial score (nSPS) is 13.7. The summed E-state index contributed by atoms with van der Waals surface area (Å²) in [5, 5.41) is 6.62. The maximum Gasteiger partial charge on any atom is 0.324 e. The lowest BCUT2D eigenvalue weighted by Crippen LogP contribution is -2.37. The third-order valence-electron chi connectivity index (χ3n) is 6.55. The van der Waals surface area contributed by atoms with Gasteiger partial charge in [0, 0.05) is 38.0 Å². The van der Waals surface area contributed by atoms with Crippen molar-refractivity contribution in [2.45, 2.75) is 12.3 Å². The van der Waals surface area contributed by atoms with Crippen LogP contribution in [0.25, 0.3) is 22.4 Å². The predicted molar refractivity (Wildman–Crippen MR) is 151 cm³/mol. The van der Waals surface area contributed by atoms with Gasteiger partial charge in [0.15, 0.2) is 5.82 Å². The van der Waals surface area contributed by atoms with Crippen molar-refractivity contribution in [1.82, 2.24) is 25.2 Å². The van der Waals surface area contributed by atoms with Crippen LogP contribution in [0, 0.1) is 0 Å². The van der Waals surface area contributed by atoms with Gasteiger partial charge in [-0.2, -0.15) is 0 Å². The lowest BCUT2D eigenvalue weighted by Gasteiger charge is -2.29. The van der Waals surface area contributed by atoms with Crippen LogP contribution in [0.1, 0.15) is 23.0 Å². The topological polar surface area (TPSA) is 129 Å². The molecule has 0 bridgehead atoms. The first-order valence-corrected chi connectivity index (χ1v) is 12.7. The highest BCUT2D eigenvalue weighted by molar-refractivity contribution is 6.01. The molecule has 0 spiro atoms. The molecule has 1 aliphatic heterocycles. The van der Waals surface area contributed by atoms with E-state index in [0.717, 1.165) is 11.1 Å². The van der Waals surface area contributed by atoms with Crippen molar-refractivity contribution >= 4 is 34.6 Å². The molecule has 0 saturated heterocycles. The van der Waals surface area contributed by atoms with Gasteiger partial charge in [-0.15, -0.1) is 0 Å². The minimum atomic E-state index is -1.14. The summed E-state index contributed by atoms with van der Waals surface area (Å²) >= 11 is 0. The molecule has 10 nitrogen and oxygen atoms in total. The van der Waals surface area contributed by atoms with Crippen LogP contribution in [0.15, 0.2) is 91.3 Å². The van der Waals surface area contributed by atoms with Gasteiger partial charge in [0.2, 0.25) is 5.91 Å². The molecule has 0 unspecified atom stereocenters. The standard InChI is InChI=1S/C30H28N6O4/c1-20(37)31-15-16-32-26-23-19-24(33-27(23)35-25(34-26)21-9-5-3-6-10-21)28(38)36-17-13-30(14-18-36,29(39)40-2)22-11-7-4-8-12-22/h3-14,17-19H,15-16H2,1-2H3,(H,31,37)(H2,32,33,34,35). The summed E-state index contributed by atoms with van der Waals surface area (Å²) < 4.78 is 5.09. The van der Waals surface area contributed by atoms with Crippen molar-refractivity contribution in [2.75, 3.05) is 25.5 Å². The Morgan fingerprint density at radius 1 is 0.950 bits per heavy atom. The Morgan fingerprint density at radius 2 is 1.62 bits per heavy atom. The Labute approximate surface area is 230 Å². The fourth-order valence-corrected chi connectivity index (χ4v) is 4.50. The molecule has 4 aromatic rings. The first-order chi connectivity index (χ1) is 19.4. The fourth-order valence-electron chi connectivity index (χ4n) is 4.50. The summed E-state index contributed by atoms with van der Waals surface area (Å²) in [5.74, 6) is 0.0906. The zero-order valence-electron chi connectivity index (χ0n) is 22.0. The minimum absolute atomic E-state index is 0.125. The molecule has 202 valence electrons. The number of hydrogen-bond acceptors (Lipinski definition) is 7. The molecule has 2 amide bonds. The molecule has 0 saturated carbocycles. The van der Waals surface area contributed by atoms with Crippen molar-refractivity contribution < 1.29 is 19.1 Å². The number of methoxy groups -OCH3 is 1. The van der Waals surface area contributed by atoms with Crippen LogP contribution in [0.4, 0.5) is 5.82 Å². The summed E-state index contributed by atoms with van der Waals surface area (Å²) in [7, 11) is 1.34. The number of fused-ring (bicyclic) bond motifs is 1. The maximum atomic E-state index is 13.5. The number of hydrogen-bond donors (Lipinski definition) is 3. The second-order valence-corrected chi connectivity index (χ2v) is 9.19.